The van der Waals surface area contributed by atoms with Crippen molar-refractivity contribution in [3.63, 3.8) is 0 Å². The summed E-state index contributed by atoms with van der Waals surface area (Å²) in [5, 5.41) is 0. The van der Waals surface area contributed by atoms with Gasteiger partial charge in [-0.1, -0.05) is 6.58 Å². The molecule has 0 aromatic heterocycles. The molecule has 4 radical (unpaired) electrons. The van der Waals surface area contributed by atoms with E-state index in [0.29, 0.717) is 0 Å². The number of carbonyl (C=O) groups is 1. The van der Waals surface area contributed by atoms with Gasteiger partial charge in [-0.3, -0.25) is 4.79 Å². The first-order valence-corrected chi connectivity index (χ1v) is 1.55. The molecule has 0 fully saturated rings. The van der Waals surface area contributed by atoms with Crippen LogP contribution >= 0.6 is 0 Å². The van der Waals surface area contributed by atoms with Crippen molar-refractivity contribution < 1.29 is 9.53 Å². The molecule has 0 unspecified atom stereocenters. The quantitative estimate of drug-likeness (QED) is 0.395. The van der Waals surface area contributed by atoms with Crippen LogP contribution in [0.3, 0.4) is 0 Å². The SMILES string of the molecule is C=COC(C)=O.[Pb]. The molecule has 0 aliphatic rings. The first kappa shape index (κ1) is 10.2. The van der Waals surface area contributed by atoms with Crippen molar-refractivity contribution in [1.29, 1.82) is 0 Å². The van der Waals surface area contributed by atoms with E-state index in [1.54, 1.807) is 0 Å². The van der Waals surface area contributed by atoms with E-state index in [1.807, 2.05) is 0 Å². The first-order valence-electron chi connectivity index (χ1n) is 1.55. The summed E-state index contributed by atoms with van der Waals surface area (Å²) in [6.45, 7) is 4.48. The molecular formula is C4H6O2Pb. The molecule has 0 saturated heterocycles. The number of ether oxygens (including phenoxy) is 1. The van der Waals surface area contributed by atoms with E-state index in [1.165, 1.54) is 6.92 Å². The third-order valence-corrected chi connectivity index (χ3v) is 0.249. The topological polar surface area (TPSA) is 26.3 Å². The van der Waals surface area contributed by atoms with Gasteiger partial charge in [0.1, 0.15) is 0 Å². The summed E-state index contributed by atoms with van der Waals surface area (Å²) in [4.78, 5) is 9.75. The molecule has 0 bridgehead atoms. The standard InChI is InChI=1S/C4H6O2.Pb/c1-3-6-4(2)5;/h3H,1H2,2H3;. The van der Waals surface area contributed by atoms with Gasteiger partial charge in [0, 0.05) is 34.2 Å². The maximum atomic E-state index is 9.75. The van der Waals surface area contributed by atoms with Gasteiger partial charge in [0.15, 0.2) is 0 Å². The Morgan fingerprint density at radius 2 is 2.29 bits per heavy atom. The molecule has 0 aliphatic carbocycles. The van der Waals surface area contributed by atoms with Gasteiger partial charge >= 0.3 is 5.97 Å². The van der Waals surface area contributed by atoms with E-state index in [2.05, 4.69) is 11.3 Å². The van der Waals surface area contributed by atoms with Gasteiger partial charge in [0.2, 0.25) is 0 Å². The summed E-state index contributed by atoms with van der Waals surface area (Å²) < 4.78 is 4.17. The number of hydrogen-bond donors (Lipinski definition) is 0. The van der Waals surface area contributed by atoms with Crippen LogP contribution in [0.2, 0.25) is 0 Å². The molecular weight excluding hydrogens is 287 g/mol. The van der Waals surface area contributed by atoms with Gasteiger partial charge in [-0.05, 0) is 0 Å². The Labute approximate surface area is 62.7 Å². The molecule has 0 N–H and O–H groups in total. The molecule has 2 nitrogen and oxygen atoms in total. The Kier molecular flexibility index (Phi) is 8.92. The summed E-state index contributed by atoms with van der Waals surface area (Å²) in [7, 11) is 0. The summed E-state index contributed by atoms with van der Waals surface area (Å²) in [6, 6.07) is 0. The van der Waals surface area contributed by atoms with Crippen LogP contribution in [0.1, 0.15) is 6.92 Å². The second-order valence-corrected chi connectivity index (χ2v) is 0.776. The smallest absolute Gasteiger partial charge is 0.307 e. The van der Waals surface area contributed by atoms with Crippen LogP contribution in [-0.4, -0.2) is 33.3 Å². The van der Waals surface area contributed by atoms with Crippen molar-refractivity contribution in [2.45, 2.75) is 6.92 Å². The maximum absolute atomic E-state index is 9.75. The first-order chi connectivity index (χ1) is 2.77. The van der Waals surface area contributed by atoms with Crippen molar-refractivity contribution >= 4 is 33.3 Å². The van der Waals surface area contributed by atoms with E-state index in [9.17, 15) is 4.79 Å². The second kappa shape index (κ2) is 6.13. The largest absolute Gasteiger partial charge is 0.435 e. The zero-order valence-electron chi connectivity index (χ0n) is 4.10. The second-order valence-electron chi connectivity index (χ2n) is 0.776. The van der Waals surface area contributed by atoms with E-state index < -0.39 is 0 Å². The normalized spacial score (nSPS) is 5.86. The van der Waals surface area contributed by atoms with Gasteiger partial charge in [0.05, 0.1) is 6.26 Å². The average molecular weight is 293 g/mol. The molecule has 0 aliphatic heterocycles. The zero-order valence-corrected chi connectivity index (χ0v) is 7.99. The summed E-state index contributed by atoms with van der Waals surface area (Å²) >= 11 is 0. The zero-order chi connectivity index (χ0) is 4.99. The van der Waals surface area contributed by atoms with E-state index in [-0.39, 0.29) is 33.3 Å². The maximum Gasteiger partial charge on any atom is 0.307 e. The van der Waals surface area contributed by atoms with Crippen molar-refractivity contribution in [2.24, 2.45) is 0 Å². The fourth-order valence-electron chi connectivity index (χ4n) is 0.117. The van der Waals surface area contributed by atoms with Crippen molar-refractivity contribution in [3.8, 4) is 0 Å². The Bertz CT molecular complexity index is 70.1. The Balaban J connectivity index is 0. The minimum Gasteiger partial charge on any atom is -0.435 e. The van der Waals surface area contributed by atoms with Gasteiger partial charge in [-0.2, -0.15) is 0 Å². The van der Waals surface area contributed by atoms with Crippen molar-refractivity contribution in [3.05, 3.63) is 12.8 Å². The third kappa shape index (κ3) is 10.7. The van der Waals surface area contributed by atoms with Crippen LogP contribution in [0.4, 0.5) is 0 Å². The number of hydrogen-bond acceptors (Lipinski definition) is 2. The Hall–Kier alpha value is 0.132. The van der Waals surface area contributed by atoms with Crippen molar-refractivity contribution in [2.75, 3.05) is 0 Å². The molecule has 0 amide bonds. The fourth-order valence-corrected chi connectivity index (χ4v) is 0.117. The molecule has 0 rings (SSSR count). The van der Waals surface area contributed by atoms with Gasteiger partial charge in [-0.15, -0.1) is 0 Å². The predicted octanol–water partition coefficient (Wildman–Crippen LogP) is 0.312. The number of esters is 1. The third-order valence-electron chi connectivity index (χ3n) is 0.249. The van der Waals surface area contributed by atoms with Crippen LogP contribution in [0.15, 0.2) is 12.8 Å². The van der Waals surface area contributed by atoms with Crippen LogP contribution in [-0.2, 0) is 9.53 Å². The minimum absolute atomic E-state index is 0. The fraction of sp³-hybridized carbons (Fsp3) is 0.250. The van der Waals surface area contributed by atoms with E-state index in [0.717, 1.165) is 6.26 Å². The molecule has 3 heteroatoms. The van der Waals surface area contributed by atoms with Gasteiger partial charge in [-0.25, -0.2) is 0 Å². The summed E-state index contributed by atoms with van der Waals surface area (Å²) in [5.74, 6) is -0.329. The molecule has 0 heterocycles. The Morgan fingerprint density at radius 3 is 2.29 bits per heavy atom. The molecule has 38 valence electrons. The monoisotopic (exact) mass is 294 g/mol. The molecule has 0 spiro atoms. The van der Waals surface area contributed by atoms with Gasteiger partial charge < -0.3 is 4.74 Å². The van der Waals surface area contributed by atoms with Crippen molar-refractivity contribution in [1.82, 2.24) is 0 Å². The number of rotatable bonds is 1. The molecule has 0 aromatic carbocycles. The molecule has 0 saturated carbocycles. The van der Waals surface area contributed by atoms with Crippen LogP contribution in [0.5, 0.6) is 0 Å². The summed E-state index contributed by atoms with van der Waals surface area (Å²) in [6.07, 6.45) is 1.10. The van der Waals surface area contributed by atoms with E-state index >= 15 is 0 Å². The van der Waals surface area contributed by atoms with E-state index in [4.69, 9.17) is 0 Å². The summed E-state index contributed by atoms with van der Waals surface area (Å²) in [5.41, 5.74) is 0. The molecule has 0 atom stereocenters. The molecule has 7 heavy (non-hydrogen) atoms. The van der Waals surface area contributed by atoms with Crippen LogP contribution in [0.25, 0.3) is 0 Å². The number of carbonyl (C=O) groups excluding carboxylic acids is 1. The minimum atomic E-state index is -0.329. The van der Waals surface area contributed by atoms with Gasteiger partial charge in [0.25, 0.3) is 0 Å². The predicted molar refractivity (Wildman–Crippen MR) is 27.7 cm³/mol. The molecule has 0 aromatic rings. The average Bonchev–Trinajstić information content (AvgIpc) is 1.35. The van der Waals surface area contributed by atoms with Crippen LogP contribution in [0, 0.1) is 0 Å². The Morgan fingerprint density at radius 1 is 1.86 bits per heavy atom. The van der Waals surface area contributed by atoms with Crippen LogP contribution < -0.4 is 0 Å².